The molecule has 1 fully saturated rings. The molecule has 0 bridgehead atoms. The maximum Gasteiger partial charge on any atom is 0.277 e. The van der Waals surface area contributed by atoms with E-state index in [0.717, 1.165) is 31.0 Å². The third kappa shape index (κ3) is 4.82. The fourth-order valence-electron chi connectivity index (χ4n) is 3.31. The molecule has 0 aliphatic heterocycles. The number of benzene rings is 1. The number of methoxy groups -OCH3 is 2. The van der Waals surface area contributed by atoms with Gasteiger partial charge in [-0.2, -0.15) is 5.26 Å². The fraction of sp³-hybridized carbons (Fsp3) is 0.500. The molecule has 0 unspecified atom stereocenters. The van der Waals surface area contributed by atoms with Crippen LogP contribution in [0.2, 0.25) is 0 Å². The molecule has 1 aliphatic carbocycles. The molecule has 1 N–H and O–H groups in total. The van der Waals surface area contributed by atoms with Crippen molar-refractivity contribution in [3.63, 3.8) is 0 Å². The van der Waals surface area contributed by atoms with Crippen LogP contribution in [0.4, 0.5) is 0 Å². The average molecular weight is 417 g/mol. The van der Waals surface area contributed by atoms with E-state index in [2.05, 4.69) is 21.6 Å². The number of aromatic nitrogens is 2. The highest BCUT2D eigenvalue weighted by atomic mass is 32.2. The van der Waals surface area contributed by atoms with Crippen molar-refractivity contribution in [2.45, 2.75) is 55.0 Å². The third-order valence-electron chi connectivity index (χ3n) is 4.97. The van der Waals surface area contributed by atoms with Crippen LogP contribution in [0.1, 0.15) is 39.0 Å². The summed E-state index contributed by atoms with van der Waals surface area (Å²) in [4.78, 5) is 12.6. The second-order valence-corrected chi connectivity index (χ2v) is 8.24. The standard InChI is InChI=1S/C20H24N4O4S/c1-13(17(25)22-20(12-21)9-5-4-6-10-20)29-19-24-23-18(28-19)14-7-8-15(26-2)16(11-14)27-3/h7-8,11,13H,4-6,9-10H2,1-3H3,(H,22,25)/t13-/m1/s1. The van der Waals surface area contributed by atoms with Crippen LogP contribution in [0.3, 0.4) is 0 Å². The maximum atomic E-state index is 12.6. The zero-order valence-electron chi connectivity index (χ0n) is 16.7. The van der Waals surface area contributed by atoms with Crippen molar-refractivity contribution < 1.29 is 18.7 Å². The number of hydrogen-bond donors (Lipinski definition) is 1. The van der Waals surface area contributed by atoms with Gasteiger partial charge in [-0.25, -0.2) is 0 Å². The van der Waals surface area contributed by atoms with Gasteiger partial charge in [0.2, 0.25) is 11.8 Å². The van der Waals surface area contributed by atoms with Crippen molar-refractivity contribution in [1.29, 1.82) is 5.26 Å². The van der Waals surface area contributed by atoms with Crippen molar-refractivity contribution in [3.05, 3.63) is 18.2 Å². The SMILES string of the molecule is COc1ccc(-c2nnc(S[C@H](C)C(=O)NC3(C#N)CCCCC3)o2)cc1OC. The Morgan fingerprint density at radius 3 is 2.62 bits per heavy atom. The second kappa shape index (κ2) is 9.18. The van der Waals surface area contributed by atoms with Gasteiger partial charge in [0.1, 0.15) is 5.54 Å². The predicted octanol–water partition coefficient (Wildman–Crippen LogP) is 3.58. The highest BCUT2D eigenvalue weighted by Gasteiger charge is 2.35. The summed E-state index contributed by atoms with van der Waals surface area (Å²) in [6.45, 7) is 1.76. The third-order valence-corrected chi connectivity index (χ3v) is 5.90. The van der Waals surface area contributed by atoms with Gasteiger partial charge in [0, 0.05) is 5.56 Å². The number of ether oxygens (including phenoxy) is 2. The van der Waals surface area contributed by atoms with E-state index in [9.17, 15) is 10.1 Å². The molecule has 1 aromatic carbocycles. The smallest absolute Gasteiger partial charge is 0.277 e. The van der Waals surface area contributed by atoms with E-state index in [-0.39, 0.29) is 11.1 Å². The summed E-state index contributed by atoms with van der Waals surface area (Å²) in [7, 11) is 3.12. The van der Waals surface area contributed by atoms with Gasteiger partial charge in [-0.15, -0.1) is 10.2 Å². The molecule has 1 saturated carbocycles. The lowest BCUT2D eigenvalue weighted by Crippen LogP contribution is -2.50. The summed E-state index contributed by atoms with van der Waals surface area (Å²) in [6, 6.07) is 7.59. The van der Waals surface area contributed by atoms with Crippen LogP contribution in [0.5, 0.6) is 11.5 Å². The summed E-state index contributed by atoms with van der Waals surface area (Å²) in [5.41, 5.74) is -0.0752. The van der Waals surface area contributed by atoms with Gasteiger partial charge in [-0.3, -0.25) is 4.79 Å². The quantitative estimate of drug-likeness (QED) is 0.682. The van der Waals surface area contributed by atoms with Crippen molar-refractivity contribution in [2.24, 2.45) is 0 Å². The molecule has 2 aromatic rings. The minimum Gasteiger partial charge on any atom is -0.493 e. The van der Waals surface area contributed by atoms with E-state index in [1.54, 1.807) is 39.3 Å². The number of nitriles is 1. The molecule has 0 radical (unpaired) electrons. The fourth-order valence-corrected chi connectivity index (χ4v) is 3.99. The lowest BCUT2D eigenvalue weighted by atomic mass is 9.83. The molecule has 1 aromatic heterocycles. The highest BCUT2D eigenvalue weighted by Crippen LogP contribution is 2.33. The first-order valence-electron chi connectivity index (χ1n) is 9.46. The Morgan fingerprint density at radius 1 is 1.24 bits per heavy atom. The molecule has 1 amide bonds. The summed E-state index contributed by atoms with van der Waals surface area (Å²) < 4.78 is 16.2. The number of nitrogens with one attached hydrogen (secondary N) is 1. The van der Waals surface area contributed by atoms with Gasteiger partial charge < -0.3 is 19.2 Å². The van der Waals surface area contributed by atoms with E-state index in [4.69, 9.17) is 13.9 Å². The second-order valence-electron chi connectivity index (χ2n) is 6.95. The molecule has 0 spiro atoms. The van der Waals surface area contributed by atoms with Crippen molar-refractivity contribution in [3.8, 4) is 29.0 Å². The molecule has 1 aliphatic rings. The Morgan fingerprint density at radius 2 is 1.97 bits per heavy atom. The summed E-state index contributed by atoms with van der Waals surface area (Å²) >= 11 is 1.16. The molecule has 1 heterocycles. The molecule has 1 atom stereocenters. The van der Waals surface area contributed by atoms with Crippen LogP contribution in [-0.2, 0) is 4.79 Å². The van der Waals surface area contributed by atoms with Crippen LogP contribution in [0.25, 0.3) is 11.5 Å². The van der Waals surface area contributed by atoms with E-state index in [1.807, 2.05) is 0 Å². The largest absolute Gasteiger partial charge is 0.493 e. The Hall–Kier alpha value is -2.73. The predicted molar refractivity (Wildman–Crippen MR) is 108 cm³/mol. The lowest BCUT2D eigenvalue weighted by molar-refractivity contribution is -0.122. The van der Waals surface area contributed by atoms with Gasteiger partial charge in [0.25, 0.3) is 5.22 Å². The number of thioether (sulfide) groups is 1. The molecular formula is C20H24N4O4S. The molecule has 29 heavy (non-hydrogen) atoms. The summed E-state index contributed by atoms with van der Waals surface area (Å²) in [5, 5.41) is 20.4. The van der Waals surface area contributed by atoms with E-state index >= 15 is 0 Å². The Kier molecular flexibility index (Phi) is 6.64. The minimum absolute atomic E-state index is 0.204. The van der Waals surface area contributed by atoms with Crippen LogP contribution in [0.15, 0.2) is 27.8 Å². The van der Waals surface area contributed by atoms with Gasteiger partial charge in [0.15, 0.2) is 11.5 Å². The van der Waals surface area contributed by atoms with E-state index < -0.39 is 10.8 Å². The summed E-state index contributed by atoms with van der Waals surface area (Å²) in [6.07, 6.45) is 4.39. The monoisotopic (exact) mass is 416 g/mol. The normalized spacial score (nSPS) is 16.5. The van der Waals surface area contributed by atoms with Crippen molar-refractivity contribution in [1.82, 2.24) is 15.5 Å². The van der Waals surface area contributed by atoms with Crippen molar-refractivity contribution in [2.75, 3.05) is 14.2 Å². The van der Waals surface area contributed by atoms with Crippen LogP contribution >= 0.6 is 11.8 Å². The Bertz CT molecular complexity index is 902. The Balaban J connectivity index is 1.66. The average Bonchev–Trinajstić information content (AvgIpc) is 3.22. The molecule has 8 nitrogen and oxygen atoms in total. The lowest BCUT2D eigenvalue weighted by Gasteiger charge is -2.32. The maximum absolute atomic E-state index is 12.6. The number of rotatable bonds is 7. The first-order valence-corrected chi connectivity index (χ1v) is 10.3. The number of hydrogen-bond acceptors (Lipinski definition) is 8. The van der Waals surface area contributed by atoms with E-state index in [1.165, 1.54) is 0 Å². The zero-order valence-corrected chi connectivity index (χ0v) is 17.5. The number of carbonyl (C=O) groups excluding carboxylic acids is 1. The van der Waals surface area contributed by atoms with Crippen LogP contribution in [-0.4, -0.2) is 41.1 Å². The molecule has 0 saturated heterocycles. The molecule has 3 rings (SSSR count). The molecule has 9 heteroatoms. The van der Waals surface area contributed by atoms with Gasteiger partial charge >= 0.3 is 0 Å². The first-order chi connectivity index (χ1) is 14.0. The molecular weight excluding hydrogens is 392 g/mol. The van der Waals surface area contributed by atoms with E-state index in [0.29, 0.717) is 35.8 Å². The van der Waals surface area contributed by atoms with Gasteiger partial charge in [0.05, 0.1) is 25.5 Å². The van der Waals surface area contributed by atoms with Crippen LogP contribution < -0.4 is 14.8 Å². The topological polar surface area (TPSA) is 110 Å². The minimum atomic E-state index is -0.760. The summed E-state index contributed by atoms with van der Waals surface area (Å²) in [5.74, 6) is 1.27. The number of nitrogens with zero attached hydrogens (tertiary/aromatic N) is 3. The zero-order chi connectivity index (χ0) is 20.9. The van der Waals surface area contributed by atoms with Crippen molar-refractivity contribution >= 4 is 17.7 Å². The molecule has 154 valence electrons. The highest BCUT2D eigenvalue weighted by molar-refractivity contribution is 8.00. The number of amides is 1. The van der Waals surface area contributed by atoms with Gasteiger partial charge in [-0.05, 0) is 38.0 Å². The van der Waals surface area contributed by atoms with Gasteiger partial charge in [-0.1, -0.05) is 31.0 Å². The number of carbonyl (C=O) groups is 1. The first kappa shape index (κ1) is 21.0. The Labute approximate surface area is 174 Å². The van der Waals surface area contributed by atoms with Crippen LogP contribution in [0, 0.1) is 11.3 Å².